The average molecular weight is 380 g/mol. The molecule has 140 valence electrons. The Kier molecular flexibility index (Phi) is 3.20. The highest BCUT2D eigenvalue weighted by molar-refractivity contribution is 5.96. The van der Waals surface area contributed by atoms with E-state index in [4.69, 9.17) is 0 Å². The van der Waals surface area contributed by atoms with Crippen LogP contribution in [0.3, 0.4) is 0 Å². The molecule has 2 unspecified atom stereocenters. The van der Waals surface area contributed by atoms with Gasteiger partial charge in [-0.05, 0) is 67.8 Å². The lowest BCUT2D eigenvalue weighted by Crippen LogP contribution is -2.05. The van der Waals surface area contributed by atoms with E-state index in [2.05, 4.69) is 109 Å². The Hall–Kier alpha value is -3.64. The van der Waals surface area contributed by atoms with Crippen LogP contribution in [0.1, 0.15) is 56.3 Å². The third kappa shape index (κ3) is 2.16. The van der Waals surface area contributed by atoms with Gasteiger partial charge in [0, 0.05) is 11.8 Å². The van der Waals surface area contributed by atoms with Crippen molar-refractivity contribution in [2.45, 2.75) is 11.8 Å². The summed E-state index contributed by atoms with van der Waals surface area (Å²) >= 11 is 0. The fraction of sp³-hybridized carbons (Fsp3) is 0.0667. The molecule has 0 aromatic heterocycles. The van der Waals surface area contributed by atoms with Gasteiger partial charge in [-0.3, -0.25) is 0 Å². The molecule has 0 heteroatoms. The molecule has 0 spiro atoms. The van der Waals surface area contributed by atoms with Crippen molar-refractivity contribution in [2.24, 2.45) is 0 Å². The lowest BCUT2D eigenvalue weighted by Gasteiger charge is -2.23. The van der Waals surface area contributed by atoms with Crippen LogP contribution in [0.2, 0.25) is 0 Å². The second-order valence-corrected chi connectivity index (χ2v) is 8.57. The van der Waals surface area contributed by atoms with Crippen molar-refractivity contribution in [3.63, 3.8) is 0 Å². The van der Waals surface area contributed by atoms with Crippen LogP contribution in [0.4, 0.5) is 0 Å². The van der Waals surface area contributed by atoms with Gasteiger partial charge in [0.15, 0.2) is 0 Å². The highest BCUT2D eigenvalue weighted by atomic mass is 14.3. The molecular weight excluding hydrogens is 360 g/mol. The number of fused-ring (bicyclic) bond motifs is 2. The zero-order valence-corrected chi connectivity index (χ0v) is 16.5. The van der Waals surface area contributed by atoms with Crippen molar-refractivity contribution in [1.29, 1.82) is 0 Å². The van der Waals surface area contributed by atoms with Crippen molar-refractivity contribution >= 4 is 23.3 Å². The van der Waals surface area contributed by atoms with Crippen LogP contribution < -0.4 is 0 Å². The van der Waals surface area contributed by atoms with Crippen LogP contribution in [0, 0.1) is 0 Å². The van der Waals surface area contributed by atoms with Gasteiger partial charge in [0.2, 0.25) is 0 Å². The molecule has 6 aliphatic carbocycles. The van der Waals surface area contributed by atoms with E-state index in [0.29, 0.717) is 11.8 Å². The highest BCUT2D eigenvalue weighted by Crippen LogP contribution is 2.50. The third-order valence-corrected chi connectivity index (χ3v) is 7.01. The van der Waals surface area contributed by atoms with Crippen LogP contribution in [0.15, 0.2) is 97.1 Å². The van der Waals surface area contributed by atoms with Crippen LogP contribution in [0.25, 0.3) is 23.3 Å². The molecule has 0 saturated heterocycles. The minimum atomic E-state index is 0.297. The lowest BCUT2D eigenvalue weighted by molar-refractivity contribution is 1.04. The maximum atomic E-state index is 2.38. The van der Waals surface area contributed by atoms with Gasteiger partial charge in [0.1, 0.15) is 0 Å². The normalized spacial score (nSPS) is 19.7. The minimum Gasteiger partial charge on any atom is -0.0619 e. The molecule has 0 N–H and O–H groups in total. The molecule has 30 heavy (non-hydrogen) atoms. The van der Waals surface area contributed by atoms with Crippen LogP contribution >= 0.6 is 0 Å². The van der Waals surface area contributed by atoms with Gasteiger partial charge in [-0.25, -0.2) is 0 Å². The third-order valence-electron chi connectivity index (χ3n) is 7.01. The molecule has 0 aliphatic heterocycles. The molecule has 0 heterocycles. The van der Waals surface area contributed by atoms with E-state index in [1.807, 2.05) is 0 Å². The van der Waals surface area contributed by atoms with E-state index in [-0.39, 0.29) is 0 Å². The fourth-order valence-electron chi connectivity index (χ4n) is 5.60. The molecule has 10 rings (SSSR count). The predicted octanol–water partition coefficient (Wildman–Crippen LogP) is 7.37. The van der Waals surface area contributed by atoms with Crippen molar-refractivity contribution in [2.75, 3.05) is 0 Å². The van der Waals surface area contributed by atoms with E-state index in [1.165, 1.54) is 55.7 Å². The standard InChI is InChI=1S/C30H20/c1-3-7-25-23(5-1)17-27-19-9-15-22(16-10-19)30-26-8-4-2-6-24(26)18-28(30)20-11-13-21(14-12-20)29(25)27/h1-18,29-30H. The Morgan fingerprint density at radius 3 is 1.23 bits per heavy atom. The minimum absolute atomic E-state index is 0.297. The smallest absolute Gasteiger partial charge is 0.0352 e. The zero-order valence-electron chi connectivity index (χ0n) is 16.5. The van der Waals surface area contributed by atoms with E-state index in [0.717, 1.165) is 0 Å². The van der Waals surface area contributed by atoms with Gasteiger partial charge in [-0.2, -0.15) is 0 Å². The maximum Gasteiger partial charge on any atom is 0.0352 e. The maximum absolute atomic E-state index is 2.38. The first-order valence-corrected chi connectivity index (χ1v) is 10.7. The van der Waals surface area contributed by atoms with Crippen molar-refractivity contribution in [1.82, 2.24) is 0 Å². The molecule has 0 radical (unpaired) electrons. The Morgan fingerprint density at radius 1 is 0.400 bits per heavy atom. The van der Waals surface area contributed by atoms with Gasteiger partial charge < -0.3 is 0 Å². The molecule has 0 saturated carbocycles. The zero-order chi connectivity index (χ0) is 19.7. The Labute approximate surface area is 176 Å². The summed E-state index contributed by atoms with van der Waals surface area (Å²) in [6, 6.07) is 36.3. The topological polar surface area (TPSA) is 0 Å². The van der Waals surface area contributed by atoms with E-state index in [9.17, 15) is 0 Å². The number of hydrogen-bond donors (Lipinski definition) is 0. The van der Waals surface area contributed by atoms with Crippen LogP contribution in [0.5, 0.6) is 0 Å². The van der Waals surface area contributed by atoms with E-state index >= 15 is 0 Å². The first kappa shape index (κ1) is 16.2. The molecule has 4 aromatic carbocycles. The molecular formula is C30H20. The molecule has 2 atom stereocenters. The molecule has 0 amide bonds. The number of benzene rings is 4. The fourth-order valence-corrected chi connectivity index (χ4v) is 5.60. The van der Waals surface area contributed by atoms with Gasteiger partial charge in [0.25, 0.3) is 0 Å². The number of hydrogen-bond acceptors (Lipinski definition) is 0. The highest BCUT2D eigenvalue weighted by Gasteiger charge is 2.31. The predicted molar refractivity (Wildman–Crippen MR) is 125 cm³/mol. The molecule has 4 bridgehead atoms. The SMILES string of the molecule is C1=C2c3ccc(cc3)C3C(=Cc4ccccc43)c3ccc(cc3)C2c2ccccc21. The first-order valence-electron chi connectivity index (χ1n) is 10.7. The summed E-state index contributed by atoms with van der Waals surface area (Å²) in [6.45, 7) is 0. The summed E-state index contributed by atoms with van der Waals surface area (Å²) in [6.07, 6.45) is 4.76. The van der Waals surface area contributed by atoms with E-state index < -0.39 is 0 Å². The number of rotatable bonds is 0. The summed E-state index contributed by atoms with van der Waals surface area (Å²) in [4.78, 5) is 0. The Morgan fingerprint density at radius 2 is 0.800 bits per heavy atom. The monoisotopic (exact) mass is 380 g/mol. The molecule has 4 aromatic rings. The van der Waals surface area contributed by atoms with Crippen molar-refractivity contribution in [3.05, 3.63) is 142 Å². The second kappa shape index (κ2) is 5.93. The molecule has 0 fully saturated rings. The number of allylic oxidation sites excluding steroid dienone is 2. The van der Waals surface area contributed by atoms with Gasteiger partial charge >= 0.3 is 0 Å². The van der Waals surface area contributed by atoms with Gasteiger partial charge in [-0.15, -0.1) is 0 Å². The first-order chi connectivity index (χ1) is 14.9. The molecule has 6 aliphatic rings. The average Bonchev–Trinajstić information content (AvgIpc) is 3.37. The van der Waals surface area contributed by atoms with Crippen LogP contribution in [-0.2, 0) is 0 Å². The summed E-state index contributed by atoms with van der Waals surface area (Å²) in [5.41, 5.74) is 13.7. The summed E-state index contributed by atoms with van der Waals surface area (Å²) in [5.74, 6) is 0.595. The Bertz CT molecular complexity index is 1260. The van der Waals surface area contributed by atoms with E-state index in [1.54, 1.807) is 0 Å². The van der Waals surface area contributed by atoms with Gasteiger partial charge in [-0.1, -0.05) is 97.1 Å². The lowest BCUT2D eigenvalue weighted by atomic mass is 9.80. The molecule has 0 nitrogen and oxygen atoms in total. The summed E-state index contributed by atoms with van der Waals surface area (Å²) in [5, 5.41) is 0. The summed E-state index contributed by atoms with van der Waals surface area (Å²) in [7, 11) is 0. The van der Waals surface area contributed by atoms with Crippen LogP contribution in [-0.4, -0.2) is 0 Å². The van der Waals surface area contributed by atoms with Gasteiger partial charge in [0.05, 0.1) is 0 Å². The summed E-state index contributed by atoms with van der Waals surface area (Å²) < 4.78 is 0. The largest absolute Gasteiger partial charge is 0.0619 e. The quantitative estimate of drug-likeness (QED) is 0.299. The second-order valence-electron chi connectivity index (χ2n) is 8.57. The van der Waals surface area contributed by atoms with Crippen molar-refractivity contribution < 1.29 is 0 Å². The van der Waals surface area contributed by atoms with Crippen molar-refractivity contribution in [3.8, 4) is 0 Å². The Balaban J connectivity index is 1.50.